The van der Waals surface area contributed by atoms with Gasteiger partial charge in [-0.3, -0.25) is 4.90 Å². The Morgan fingerprint density at radius 3 is 2.03 bits per heavy atom. The molecule has 0 aliphatic rings. The van der Waals surface area contributed by atoms with Crippen molar-refractivity contribution in [2.75, 3.05) is 6.54 Å². The van der Waals surface area contributed by atoms with Gasteiger partial charge in [-0.2, -0.15) is 0 Å². The zero-order chi connectivity index (χ0) is 27.6. The highest BCUT2D eigenvalue weighted by Gasteiger charge is 2.23. The van der Waals surface area contributed by atoms with E-state index >= 15 is 0 Å². The first-order valence-electron chi connectivity index (χ1n) is 13.7. The van der Waals surface area contributed by atoms with Gasteiger partial charge in [-0.15, -0.1) is 6.58 Å². The normalized spacial score (nSPS) is 12.1. The van der Waals surface area contributed by atoms with Gasteiger partial charge >= 0.3 is 0 Å². The zero-order valence-corrected chi connectivity index (χ0v) is 25.7. The third kappa shape index (κ3) is 11.3. The molecule has 202 valence electrons. The Morgan fingerprint density at radius 2 is 1.49 bits per heavy atom. The van der Waals surface area contributed by atoms with Crippen molar-refractivity contribution < 1.29 is 4.74 Å². The van der Waals surface area contributed by atoms with Crippen molar-refractivity contribution in [2.45, 2.75) is 85.9 Å². The van der Waals surface area contributed by atoms with Crippen molar-refractivity contribution >= 4 is 15.9 Å². The highest BCUT2D eigenvalue weighted by atomic mass is 79.9. The van der Waals surface area contributed by atoms with Gasteiger partial charge in [0.05, 0.1) is 0 Å². The second-order valence-corrected chi connectivity index (χ2v) is 10.1. The van der Waals surface area contributed by atoms with Gasteiger partial charge in [-0.1, -0.05) is 103 Å². The first kappa shape index (κ1) is 32.7. The van der Waals surface area contributed by atoms with Crippen LogP contribution < -0.4 is 4.74 Å². The molecule has 3 aromatic carbocycles. The summed E-state index contributed by atoms with van der Waals surface area (Å²) in [6, 6.07) is 28.8. The van der Waals surface area contributed by atoms with E-state index in [-0.39, 0.29) is 5.92 Å². The number of rotatable bonds is 11. The fourth-order valence-electron chi connectivity index (χ4n) is 4.35. The highest BCUT2D eigenvalue weighted by molar-refractivity contribution is 9.10. The minimum Gasteiger partial charge on any atom is -0.489 e. The lowest BCUT2D eigenvalue weighted by atomic mass is 9.87. The molecule has 2 nitrogen and oxygen atoms in total. The Bertz CT molecular complexity index is 987. The van der Waals surface area contributed by atoms with Crippen LogP contribution in [0.4, 0.5) is 0 Å². The van der Waals surface area contributed by atoms with Crippen molar-refractivity contribution in [3.63, 3.8) is 0 Å². The quantitative estimate of drug-likeness (QED) is 0.214. The molecule has 0 aliphatic carbocycles. The Morgan fingerprint density at radius 1 is 0.919 bits per heavy atom. The summed E-state index contributed by atoms with van der Waals surface area (Å²) in [5.41, 5.74) is 3.76. The van der Waals surface area contributed by atoms with Gasteiger partial charge in [-0.25, -0.2) is 0 Å². The SMILES string of the molecule is C=CC.CC.CCC(C)N(CCC(c1ccccc1)c1cc(Br)ccc1OCc1ccccc1)C(C)C. The van der Waals surface area contributed by atoms with Crippen molar-refractivity contribution in [1.29, 1.82) is 0 Å². The molecule has 0 radical (unpaired) electrons. The van der Waals surface area contributed by atoms with Gasteiger partial charge in [0.25, 0.3) is 0 Å². The molecule has 2 atom stereocenters. The van der Waals surface area contributed by atoms with Gasteiger partial charge in [0.2, 0.25) is 0 Å². The summed E-state index contributed by atoms with van der Waals surface area (Å²) < 4.78 is 7.46. The summed E-state index contributed by atoms with van der Waals surface area (Å²) in [7, 11) is 0. The van der Waals surface area contributed by atoms with Crippen molar-refractivity contribution in [3.8, 4) is 5.75 Å². The summed E-state index contributed by atoms with van der Waals surface area (Å²) in [4.78, 5) is 2.62. The lowest BCUT2D eigenvalue weighted by Gasteiger charge is -2.34. The van der Waals surface area contributed by atoms with Gasteiger partial charge in [0.15, 0.2) is 0 Å². The monoisotopic (exact) mass is 565 g/mol. The van der Waals surface area contributed by atoms with Crippen LogP contribution in [0.3, 0.4) is 0 Å². The fraction of sp³-hybridized carbons (Fsp3) is 0.412. The molecule has 0 saturated heterocycles. The Balaban J connectivity index is 0.00000127. The average molecular weight is 567 g/mol. The molecule has 0 fully saturated rings. The number of nitrogens with zero attached hydrogens (tertiary/aromatic N) is 1. The van der Waals surface area contributed by atoms with E-state index in [0.717, 1.165) is 29.6 Å². The molecule has 3 aromatic rings. The summed E-state index contributed by atoms with van der Waals surface area (Å²) in [5, 5.41) is 0. The van der Waals surface area contributed by atoms with Crippen LogP contribution in [0, 0.1) is 0 Å². The first-order valence-corrected chi connectivity index (χ1v) is 14.5. The van der Waals surface area contributed by atoms with E-state index in [1.54, 1.807) is 6.08 Å². The van der Waals surface area contributed by atoms with E-state index < -0.39 is 0 Å². The number of hydrogen-bond donors (Lipinski definition) is 0. The predicted molar refractivity (Wildman–Crippen MR) is 167 cm³/mol. The van der Waals surface area contributed by atoms with E-state index in [1.165, 1.54) is 16.7 Å². The van der Waals surface area contributed by atoms with Gasteiger partial charge in [-0.05, 0) is 76.4 Å². The molecule has 0 aliphatic heterocycles. The fourth-order valence-corrected chi connectivity index (χ4v) is 4.72. The largest absolute Gasteiger partial charge is 0.489 e. The molecule has 0 bridgehead atoms. The van der Waals surface area contributed by atoms with E-state index in [4.69, 9.17) is 4.74 Å². The van der Waals surface area contributed by atoms with Crippen molar-refractivity contribution in [2.24, 2.45) is 0 Å². The second kappa shape index (κ2) is 18.8. The summed E-state index contributed by atoms with van der Waals surface area (Å²) >= 11 is 3.70. The molecule has 0 saturated carbocycles. The third-order valence-corrected chi connectivity index (χ3v) is 6.78. The molecule has 0 spiro atoms. The molecular weight excluding hydrogens is 518 g/mol. The van der Waals surface area contributed by atoms with Crippen molar-refractivity contribution in [1.82, 2.24) is 4.90 Å². The summed E-state index contributed by atoms with van der Waals surface area (Å²) in [6.07, 6.45) is 3.96. The highest BCUT2D eigenvalue weighted by Crippen LogP contribution is 2.37. The maximum Gasteiger partial charge on any atom is 0.123 e. The topological polar surface area (TPSA) is 12.5 Å². The molecule has 3 heteroatoms. The number of hydrogen-bond acceptors (Lipinski definition) is 2. The second-order valence-electron chi connectivity index (χ2n) is 9.21. The smallest absolute Gasteiger partial charge is 0.123 e. The minimum absolute atomic E-state index is 0.268. The van der Waals surface area contributed by atoms with Crippen LogP contribution in [0.15, 0.2) is 96.0 Å². The number of halogens is 1. The van der Waals surface area contributed by atoms with Crippen molar-refractivity contribution in [3.05, 3.63) is 113 Å². The maximum atomic E-state index is 6.37. The summed E-state index contributed by atoms with van der Waals surface area (Å²) in [6.45, 7) is 20.1. The van der Waals surface area contributed by atoms with Gasteiger partial charge < -0.3 is 4.74 Å². The van der Waals surface area contributed by atoms with Crippen LogP contribution in [0.5, 0.6) is 5.75 Å². The lowest BCUT2D eigenvalue weighted by molar-refractivity contribution is 0.155. The van der Waals surface area contributed by atoms with Gasteiger partial charge in [0.1, 0.15) is 12.4 Å². The van der Waals surface area contributed by atoms with E-state index in [9.17, 15) is 0 Å². The van der Waals surface area contributed by atoms with Crippen LogP contribution in [0.2, 0.25) is 0 Å². The minimum atomic E-state index is 0.268. The molecule has 0 N–H and O–H groups in total. The standard InChI is InChI=1S/C29H36BrNO.C3H6.C2H6/c1-5-23(4)31(22(2)3)19-18-27(25-14-10-7-11-15-25)28-20-26(30)16-17-29(28)32-21-24-12-8-6-9-13-24;1-3-2;1-2/h6-17,20,22-23,27H,5,18-19,21H2,1-4H3;3H,1H2,2H3;1-2H3. The Labute approximate surface area is 235 Å². The van der Waals surface area contributed by atoms with Crippen LogP contribution in [-0.2, 0) is 6.61 Å². The number of ether oxygens (including phenoxy) is 1. The van der Waals surface area contributed by atoms with Crippen LogP contribution in [0.25, 0.3) is 0 Å². The number of allylic oxidation sites excluding steroid dienone is 1. The third-order valence-electron chi connectivity index (χ3n) is 6.28. The van der Waals surface area contributed by atoms with E-state index in [2.05, 4.69) is 128 Å². The lowest BCUT2D eigenvalue weighted by Crippen LogP contribution is -2.39. The van der Waals surface area contributed by atoms with E-state index in [1.807, 2.05) is 26.8 Å². The Hall–Kier alpha value is -2.36. The molecule has 3 rings (SSSR count). The maximum absolute atomic E-state index is 6.37. The van der Waals surface area contributed by atoms with Crippen LogP contribution in [0.1, 0.15) is 83.9 Å². The van der Waals surface area contributed by atoms with E-state index in [0.29, 0.717) is 18.7 Å². The van der Waals surface area contributed by atoms with Crippen LogP contribution >= 0.6 is 15.9 Å². The predicted octanol–water partition coefficient (Wildman–Crippen LogP) is 10.3. The van der Waals surface area contributed by atoms with Gasteiger partial charge in [0, 0.05) is 28.0 Å². The molecule has 0 aromatic heterocycles. The molecule has 0 heterocycles. The molecule has 0 amide bonds. The number of benzene rings is 3. The Kier molecular flexibility index (Phi) is 16.6. The average Bonchev–Trinajstić information content (AvgIpc) is 2.92. The first-order chi connectivity index (χ1) is 17.9. The zero-order valence-electron chi connectivity index (χ0n) is 24.1. The molecule has 2 unspecified atom stereocenters. The molecule has 37 heavy (non-hydrogen) atoms. The molecular formula is C34H48BrNO. The van der Waals surface area contributed by atoms with Crippen LogP contribution in [-0.4, -0.2) is 23.5 Å². The summed E-state index contributed by atoms with van der Waals surface area (Å²) in [5.74, 6) is 1.23.